The van der Waals surface area contributed by atoms with Crippen molar-refractivity contribution >= 4 is 27.7 Å². The third kappa shape index (κ3) is 4.30. The number of rotatable bonds is 6. The lowest BCUT2D eigenvalue weighted by Crippen LogP contribution is -2.03. The Labute approximate surface area is 109 Å². The fraction of sp³-hybridized carbons (Fsp3) is 0.385. The molecule has 0 bridgehead atoms. The van der Waals surface area contributed by atoms with E-state index in [1.165, 1.54) is 7.11 Å². The highest BCUT2D eigenvalue weighted by Gasteiger charge is 2.08. The summed E-state index contributed by atoms with van der Waals surface area (Å²) >= 11 is 3.33. The highest BCUT2D eigenvalue weighted by Crippen LogP contribution is 2.10. The van der Waals surface area contributed by atoms with Crippen molar-refractivity contribution in [1.82, 2.24) is 0 Å². The molecule has 0 amide bonds. The van der Waals surface area contributed by atoms with E-state index < -0.39 is 0 Å². The van der Waals surface area contributed by atoms with Crippen molar-refractivity contribution in [1.29, 1.82) is 0 Å². The van der Waals surface area contributed by atoms with Gasteiger partial charge in [-0.3, -0.25) is 4.79 Å². The molecule has 0 unspecified atom stereocenters. The van der Waals surface area contributed by atoms with Crippen molar-refractivity contribution in [2.24, 2.45) is 0 Å². The van der Waals surface area contributed by atoms with Gasteiger partial charge in [-0.25, -0.2) is 4.79 Å². The highest BCUT2D eigenvalue weighted by atomic mass is 79.9. The number of esters is 1. The van der Waals surface area contributed by atoms with Crippen LogP contribution in [0.4, 0.5) is 0 Å². The Morgan fingerprint density at radius 3 is 2.24 bits per heavy atom. The van der Waals surface area contributed by atoms with Gasteiger partial charge in [-0.15, -0.1) is 0 Å². The summed E-state index contributed by atoms with van der Waals surface area (Å²) in [7, 11) is 1.33. The number of hydrogen-bond donors (Lipinski definition) is 0. The van der Waals surface area contributed by atoms with Crippen LogP contribution in [-0.2, 0) is 4.74 Å². The Morgan fingerprint density at radius 1 is 1.12 bits per heavy atom. The quantitative estimate of drug-likeness (QED) is 0.350. The van der Waals surface area contributed by atoms with Crippen molar-refractivity contribution in [3.05, 3.63) is 35.4 Å². The van der Waals surface area contributed by atoms with Gasteiger partial charge in [0.05, 0.1) is 12.7 Å². The van der Waals surface area contributed by atoms with E-state index in [4.69, 9.17) is 0 Å². The highest BCUT2D eigenvalue weighted by molar-refractivity contribution is 9.09. The molecular weight excluding hydrogens is 284 g/mol. The number of methoxy groups -OCH3 is 1. The van der Waals surface area contributed by atoms with Gasteiger partial charge in [-0.05, 0) is 25.0 Å². The number of Topliss-reactive ketones (excluding diaryl/α,β-unsaturated/α-hetero) is 1. The second-order valence-corrected chi connectivity index (χ2v) is 4.43. The number of benzene rings is 1. The number of ketones is 1. The largest absolute Gasteiger partial charge is 0.465 e. The van der Waals surface area contributed by atoms with Crippen LogP contribution in [0.2, 0.25) is 0 Å². The third-order valence-electron chi connectivity index (χ3n) is 2.42. The fourth-order valence-electron chi connectivity index (χ4n) is 1.43. The lowest BCUT2D eigenvalue weighted by Gasteiger charge is -2.02. The molecule has 92 valence electrons. The average Bonchev–Trinajstić information content (AvgIpc) is 2.38. The lowest BCUT2D eigenvalue weighted by atomic mass is 10.0. The molecule has 0 radical (unpaired) electrons. The topological polar surface area (TPSA) is 43.4 Å². The monoisotopic (exact) mass is 298 g/mol. The molecule has 0 aliphatic carbocycles. The molecule has 1 aromatic rings. The number of carbonyl (C=O) groups is 2. The van der Waals surface area contributed by atoms with Gasteiger partial charge < -0.3 is 4.74 Å². The zero-order valence-corrected chi connectivity index (χ0v) is 11.3. The number of halogens is 1. The smallest absolute Gasteiger partial charge is 0.337 e. The minimum atomic E-state index is -0.386. The van der Waals surface area contributed by atoms with E-state index in [2.05, 4.69) is 20.7 Å². The van der Waals surface area contributed by atoms with E-state index >= 15 is 0 Å². The van der Waals surface area contributed by atoms with Crippen molar-refractivity contribution in [2.45, 2.75) is 19.3 Å². The van der Waals surface area contributed by atoms with E-state index in [1.807, 2.05) is 0 Å². The molecule has 0 aliphatic heterocycles. The van der Waals surface area contributed by atoms with Crippen molar-refractivity contribution in [3.63, 3.8) is 0 Å². The predicted molar refractivity (Wildman–Crippen MR) is 69.8 cm³/mol. The van der Waals surface area contributed by atoms with Crippen LogP contribution in [0, 0.1) is 0 Å². The van der Waals surface area contributed by atoms with Gasteiger partial charge in [-0.1, -0.05) is 28.1 Å². The van der Waals surface area contributed by atoms with Crippen LogP contribution in [0.25, 0.3) is 0 Å². The normalized spacial score (nSPS) is 10.0. The van der Waals surface area contributed by atoms with E-state index in [0.29, 0.717) is 17.5 Å². The van der Waals surface area contributed by atoms with Crippen LogP contribution in [0.1, 0.15) is 40.0 Å². The van der Waals surface area contributed by atoms with Crippen molar-refractivity contribution in [2.75, 3.05) is 12.4 Å². The molecule has 0 N–H and O–H groups in total. The van der Waals surface area contributed by atoms with Crippen molar-refractivity contribution < 1.29 is 14.3 Å². The zero-order chi connectivity index (χ0) is 12.7. The molecule has 1 rings (SSSR count). The van der Waals surface area contributed by atoms with E-state index in [1.54, 1.807) is 24.3 Å². The number of hydrogen-bond acceptors (Lipinski definition) is 3. The molecule has 4 heteroatoms. The summed E-state index contributed by atoms with van der Waals surface area (Å²) < 4.78 is 4.59. The number of ether oxygens (including phenoxy) is 1. The molecule has 0 spiro atoms. The van der Waals surface area contributed by atoms with Crippen LogP contribution in [0.15, 0.2) is 24.3 Å². The molecule has 0 saturated carbocycles. The maximum Gasteiger partial charge on any atom is 0.337 e. The van der Waals surface area contributed by atoms with Crippen LogP contribution >= 0.6 is 15.9 Å². The zero-order valence-electron chi connectivity index (χ0n) is 9.74. The van der Waals surface area contributed by atoms with Gasteiger partial charge in [0.2, 0.25) is 0 Å². The molecule has 0 aromatic heterocycles. The summed E-state index contributed by atoms with van der Waals surface area (Å²) in [6.45, 7) is 0. The first-order chi connectivity index (χ1) is 8.19. The Kier molecular flexibility index (Phi) is 5.91. The van der Waals surface area contributed by atoms with Gasteiger partial charge in [0.25, 0.3) is 0 Å². The van der Waals surface area contributed by atoms with Crippen molar-refractivity contribution in [3.8, 4) is 0 Å². The summed E-state index contributed by atoms with van der Waals surface area (Å²) in [6.07, 6.45) is 2.41. The maximum absolute atomic E-state index is 11.7. The number of unbranched alkanes of at least 4 members (excludes halogenated alkanes) is 1. The number of alkyl halides is 1. The van der Waals surface area contributed by atoms with Gasteiger partial charge in [0, 0.05) is 17.3 Å². The van der Waals surface area contributed by atoms with Crippen LogP contribution < -0.4 is 0 Å². The lowest BCUT2D eigenvalue weighted by molar-refractivity contribution is 0.0600. The first-order valence-corrected chi connectivity index (χ1v) is 6.58. The summed E-state index contributed by atoms with van der Waals surface area (Å²) in [6, 6.07) is 6.57. The molecular formula is C13H15BrO3. The Bertz CT molecular complexity index is 384. The Balaban J connectivity index is 2.61. The first-order valence-electron chi connectivity index (χ1n) is 5.46. The summed E-state index contributed by atoms with van der Waals surface area (Å²) in [4.78, 5) is 22.9. The minimum absolute atomic E-state index is 0.113. The van der Waals surface area contributed by atoms with Crippen LogP contribution in [0.3, 0.4) is 0 Å². The van der Waals surface area contributed by atoms with Gasteiger partial charge >= 0.3 is 5.97 Å². The third-order valence-corrected chi connectivity index (χ3v) is 2.98. The van der Waals surface area contributed by atoms with Crippen LogP contribution in [-0.4, -0.2) is 24.2 Å². The summed E-state index contributed by atoms with van der Waals surface area (Å²) in [5, 5.41) is 0.918. The molecule has 0 heterocycles. The average molecular weight is 299 g/mol. The van der Waals surface area contributed by atoms with Gasteiger partial charge in [-0.2, -0.15) is 0 Å². The van der Waals surface area contributed by atoms with E-state index in [0.717, 1.165) is 18.2 Å². The minimum Gasteiger partial charge on any atom is -0.465 e. The Hall–Kier alpha value is -1.16. The molecule has 0 aliphatic rings. The summed E-state index contributed by atoms with van der Waals surface area (Å²) in [5.74, 6) is -0.273. The molecule has 17 heavy (non-hydrogen) atoms. The molecule has 3 nitrogen and oxygen atoms in total. The second-order valence-electron chi connectivity index (χ2n) is 3.64. The standard InChI is InChI=1S/C13H15BrO3/c1-17-13(16)11-7-5-10(6-8-11)12(15)4-2-3-9-14/h5-8H,2-4,9H2,1H3. The summed E-state index contributed by atoms with van der Waals surface area (Å²) in [5.41, 5.74) is 1.11. The first kappa shape index (κ1) is 13.9. The molecule has 0 fully saturated rings. The van der Waals surface area contributed by atoms with Crippen LogP contribution in [0.5, 0.6) is 0 Å². The number of carbonyl (C=O) groups excluding carboxylic acids is 2. The fourth-order valence-corrected chi connectivity index (χ4v) is 1.83. The van der Waals surface area contributed by atoms with E-state index in [9.17, 15) is 9.59 Å². The molecule has 1 aromatic carbocycles. The molecule has 0 saturated heterocycles. The Morgan fingerprint density at radius 2 is 1.71 bits per heavy atom. The van der Waals surface area contributed by atoms with Gasteiger partial charge in [0.15, 0.2) is 5.78 Å². The maximum atomic E-state index is 11.7. The van der Waals surface area contributed by atoms with Gasteiger partial charge in [0.1, 0.15) is 0 Å². The SMILES string of the molecule is COC(=O)c1ccc(C(=O)CCCCBr)cc1. The second kappa shape index (κ2) is 7.22. The molecule has 0 atom stereocenters. The predicted octanol–water partition coefficient (Wildman–Crippen LogP) is 3.22. The van der Waals surface area contributed by atoms with E-state index in [-0.39, 0.29) is 11.8 Å².